The van der Waals surface area contributed by atoms with Crippen LogP contribution in [0.1, 0.15) is 38.0 Å². The minimum Gasteiger partial charge on any atom is -0.459 e. The predicted octanol–water partition coefficient (Wildman–Crippen LogP) is 2.35. The molecule has 3 fully saturated rings. The molecule has 5 heteroatoms. The number of carbonyl (C=O) groups is 1. The third-order valence-corrected chi connectivity index (χ3v) is 4.84. The molecule has 0 spiro atoms. The Morgan fingerprint density at radius 2 is 2.00 bits per heavy atom. The van der Waals surface area contributed by atoms with E-state index in [1.54, 1.807) is 0 Å². The molecule has 1 aromatic rings. The van der Waals surface area contributed by atoms with Crippen molar-refractivity contribution in [1.82, 2.24) is 0 Å². The highest BCUT2D eigenvalue weighted by Crippen LogP contribution is 2.42. The maximum Gasteiger partial charge on any atom is 0.306 e. The van der Waals surface area contributed by atoms with Crippen LogP contribution in [0.15, 0.2) is 30.3 Å². The summed E-state index contributed by atoms with van der Waals surface area (Å²) in [6, 6.07) is 9.86. The van der Waals surface area contributed by atoms with E-state index in [2.05, 4.69) is 0 Å². The van der Waals surface area contributed by atoms with Crippen LogP contribution in [-0.2, 0) is 23.7 Å². The Morgan fingerprint density at radius 3 is 2.82 bits per heavy atom. The molecule has 0 amide bonds. The summed E-state index contributed by atoms with van der Waals surface area (Å²) in [5, 5.41) is 0. The van der Waals surface area contributed by atoms with Gasteiger partial charge in [0, 0.05) is 18.4 Å². The topological polar surface area (TPSA) is 54.0 Å². The Morgan fingerprint density at radius 1 is 1.18 bits per heavy atom. The van der Waals surface area contributed by atoms with Crippen LogP contribution in [0.5, 0.6) is 0 Å². The van der Waals surface area contributed by atoms with Gasteiger partial charge >= 0.3 is 5.97 Å². The van der Waals surface area contributed by atoms with Gasteiger partial charge in [-0.2, -0.15) is 0 Å². The van der Waals surface area contributed by atoms with E-state index in [1.807, 2.05) is 37.3 Å². The molecule has 0 unspecified atom stereocenters. The van der Waals surface area contributed by atoms with E-state index in [-0.39, 0.29) is 30.6 Å². The average Bonchev–Trinajstić information content (AvgIpc) is 2.54. The molecule has 5 atom stereocenters. The molecular formula is C17H20O5. The molecule has 3 heterocycles. The third-order valence-electron chi connectivity index (χ3n) is 4.84. The van der Waals surface area contributed by atoms with Gasteiger partial charge in [-0.1, -0.05) is 30.3 Å². The van der Waals surface area contributed by atoms with Gasteiger partial charge in [0.1, 0.15) is 17.8 Å². The summed E-state index contributed by atoms with van der Waals surface area (Å²) >= 11 is 0. The molecule has 0 saturated carbocycles. The zero-order valence-corrected chi connectivity index (χ0v) is 12.6. The average molecular weight is 304 g/mol. The molecule has 3 aliphatic rings. The molecule has 0 aromatic heterocycles. The number of esters is 1. The van der Waals surface area contributed by atoms with Crippen LogP contribution in [0.3, 0.4) is 0 Å². The first kappa shape index (κ1) is 14.2. The second kappa shape index (κ2) is 5.33. The van der Waals surface area contributed by atoms with Crippen LogP contribution in [0.4, 0.5) is 0 Å². The minimum atomic E-state index is -0.415. The Labute approximate surface area is 129 Å². The van der Waals surface area contributed by atoms with Crippen LogP contribution >= 0.6 is 0 Å². The van der Waals surface area contributed by atoms with Crippen molar-refractivity contribution in [2.24, 2.45) is 0 Å². The largest absolute Gasteiger partial charge is 0.459 e. The highest BCUT2D eigenvalue weighted by atomic mass is 16.7. The maximum absolute atomic E-state index is 11.6. The van der Waals surface area contributed by atoms with Gasteiger partial charge in [0.2, 0.25) is 0 Å². The van der Waals surface area contributed by atoms with Crippen LogP contribution in [-0.4, -0.2) is 36.5 Å². The van der Waals surface area contributed by atoms with Crippen molar-refractivity contribution in [1.29, 1.82) is 0 Å². The van der Waals surface area contributed by atoms with Crippen molar-refractivity contribution in [3.63, 3.8) is 0 Å². The lowest BCUT2D eigenvalue weighted by molar-refractivity contribution is -0.326. The van der Waals surface area contributed by atoms with Gasteiger partial charge in [0.05, 0.1) is 12.7 Å². The number of ether oxygens (including phenoxy) is 4. The van der Waals surface area contributed by atoms with Gasteiger partial charge in [-0.3, -0.25) is 4.79 Å². The fraction of sp³-hybridized carbons (Fsp3) is 0.588. The van der Waals surface area contributed by atoms with Gasteiger partial charge in [-0.05, 0) is 13.3 Å². The Balaban J connectivity index is 1.50. The first-order valence-electron chi connectivity index (χ1n) is 7.83. The van der Waals surface area contributed by atoms with Crippen LogP contribution in [0, 0.1) is 0 Å². The van der Waals surface area contributed by atoms with Gasteiger partial charge < -0.3 is 18.9 Å². The van der Waals surface area contributed by atoms with Gasteiger partial charge in [0.15, 0.2) is 6.29 Å². The molecule has 0 radical (unpaired) electrons. The number of hydrogen-bond acceptors (Lipinski definition) is 5. The zero-order valence-electron chi connectivity index (χ0n) is 12.6. The van der Waals surface area contributed by atoms with E-state index < -0.39 is 5.60 Å². The first-order valence-corrected chi connectivity index (χ1v) is 7.83. The summed E-state index contributed by atoms with van der Waals surface area (Å²) in [4.78, 5) is 11.6. The standard InChI is InChI=1S/C17H20O5/c1-17-8-7-15(18)21-14(17)9-12-13(22-17)10-19-16(20-12)11-5-3-2-4-6-11/h2-6,12-14,16H,7-10H2,1H3/t12-,13+,14+,16+,17-/m0/s1. The Hall–Kier alpha value is -1.43. The lowest BCUT2D eigenvalue weighted by Crippen LogP contribution is -2.61. The Kier molecular flexibility index (Phi) is 3.44. The molecule has 118 valence electrons. The molecule has 3 saturated heterocycles. The predicted molar refractivity (Wildman–Crippen MR) is 77.0 cm³/mol. The van der Waals surface area contributed by atoms with Crippen LogP contribution in [0.25, 0.3) is 0 Å². The lowest BCUT2D eigenvalue weighted by Gasteiger charge is -2.51. The van der Waals surface area contributed by atoms with Gasteiger partial charge in [-0.25, -0.2) is 0 Å². The molecule has 5 nitrogen and oxygen atoms in total. The summed E-state index contributed by atoms with van der Waals surface area (Å²) < 4.78 is 23.6. The minimum absolute atomic E-state index is 0.0991. The fourth-order valence-electron chi connectivity index (χ4n) is 3.52. The van der Waals surface area contributed by atoms with Gasteiger partial charge in [-0.15, -0.1) is 0 Å². The monoisotopic (exact) mass is 304 g/mol. The second-order valence-corrected chi connectivity index (χ2v) is 6.43. The van der Waals surface area contributed by atoms with E-state index in [0.717, 1.165) is 5.56 Å². The van der Waals surface area contributed by atoms with E-state index >= 15 is 0 Å². The molecule has 0 N–H and O–H groups in total. The third kappa shape index (κ3) is 2.43. The molecule has 4 rings (SSSR count). The summed E-state index contributed by atoms with van der Waals surface area (Å²) in [6.45, 7) is 2.52. The van der Waals surface area contributed by atoms with E-state index in [1.165, 1.54) is 0 Å². The van der Waals surface area contributed by atoms with E-state index in [4.69, 9.17) is 18.9 Å². The molecule has 3 aliphatic heterocycles. The van der Waals surface area contributed by atoms with E-state index in [9.17, 15) is 4.79 Å². The lowest BCUT2D eigenvalue weighted by atomic mass is 9.83. The van der Waals surface area contributed by atoms with E-state index in [0.29, 0.717) is 25.9 Å². The highest BCUT2D eigenvalue weighted by molar-refractivity contribution is 5.70. The van der Waals surface area contributed by atoms with Crippen molar-refractivity contribution >= 4 is 5.97 Å². The van der Waals surface area contributed by atoms with Crippen molar-refractivity contribution in [2.45, 2.75) is 56.4 Å². The maximum atomic E-state index is 11.6. The van der Waals surface area contributed by atoms with Crippen LogP contribution < -0.4 is 0 Å². The fourth-order valence-corrected chi connectivity index (χ4v) is 3.52. The van der Waals surface area contributed by atoms with Crippen molar-refractivity contribution < 1.29 is 23.7 Å². The van der Waals surface area contributed by atoms with Crippen molar-refractivity contribution in [3.05, 3.63) is 35.9 Å². The SMILES string of the molecule is C[C@]12CCC(=O)O[C@@H]1C[C@@H]1O[C@H](c3ccccc3)OC[C@H]1O2. The summed E-state index contributed by atoms with van der Waals surface area (Å²) in [5.74, 6) is -0.142. The zero-order chi connectivity index (χ0) is 15.2. The number of benzene rings is 1. The molecule has 22 heavy (non-hydrogen) atoms. The molecule has 0 aliphatic carbocycles. The second-order valence-electron chi connectivity index (χ2n) is 6.43. The quantitative estimate of drug-likeness (QED) is 0.746. The number of rotatable bonds is 1. The van der Waals surface area contributed by atoms with Crippen molar-refractivity contribution in [2.75, 3.05) is 6.61 Å². The van der Waals surface area contributed by atoms with Gasteiger partial charge in [0.25, 0.3) is 0 Å². The number of hydrogen-bond donors (Lipinski definition) is 0. The smallest absolute Gasteiger partial charge is 0.306 e. The van der Waals surface area contributed by atoms with Crippen LogP contribution in [0.2, 0.25) is 0 Å². The normalized spacial score (nSPS) is 41.2. The Bertz CT molecular complexity index is 559. The summed E-state index contributed by atoms with van der Waals surface area (Å²) in [7, 11) is 0. The first-order chi connectivity index (χ1) is 10.6. The highest BCUT2D eigenvalue weighted by Gasteiger charge is 2.52. The summed E-state index contributed by atoms with van der Waals surface area (Å²) in [5.41, 5.74) is 0.580. The summed E-state index contributed by atoms with van der Waals surface area (Å²) in [6.07, 6.45) is 0.959. The molecule has 1 aromatic carbocycles. The van der Waals surface area contributed by atoms with Crippen molar-refractivity contribution in [3.8, 4) is 0 Å². The number of fused-ring (bicyclic) bond motifs is 2. The number of carbonyl (C=O) groups excluding carboxylic acids is 1. The molecular weight excluding hydrogens is 284 g/mol. The molecule has 0 bridgehead atoms.